The number of hydrogen-bond acceptors (Lipinski definition) is 3. The Hall–Kier alpha value is -0.620. The third-order valence-corrected chi connectivity index (χ3v) is 6.44. The van der Waals surface area contributed by atoms with E-state index in [0.717, 1.165) is 19.3 Å². The van der Waals surface area contributed by atoms with Gasteiger partial charge < -0.3 is 5.73 Å². The number of benzene rings is 1. The summed E-state index contributed by atoms with van der Waals surface area (Å²) in [6, 6.07) is 4.76. The van der Waals surface area contributed by atoms with Crippen molar-refractivity contribution < 1.29 is 8.42 Å². The maximum Gasteiger partial charge on any atom is 0.243 e. The summed E-state index contributed by atoms with van der Waals surface area (Å²) in [4.78, 5) is 0.284. The summed E-state index contributed by atoms with van der Waals surface area (Å²) < 4.78 is 27.1. The summed E-state index contributed by atoms with van der Waals surface area (Å²) in [5.74, 6) is 0. The fourth-order valence-corrected chi connectivity index (χ4v) is 4.38. The Labute approximate surface area is 132 Å². The van der Waals surface area contributed by atoms with Gasteiger partial charge in [-0.3, -0.25) is 0 Å². The molecule has 1 aliphatic rings. The van der Waals surface area contributed by atoms with Crippen LogP contribution in [-0.2, 0) is 16.6 Å². The Balaban J connectivity index is 2.29. The molecule has 0 unspecified atom stereocenters. The minimum atomic E-state index is -3.47. The van der Waals surface area contributed by atoms with E-state index in [4.69, 9.17) is 17.3 Å². The molecule has 2 N–H and O–H groups in total. The average molecular weight is 331 g/mol. The zero-order chi connectivity index (χ0) is 15.7. The normalized spacial score (nSPS) is 20.2. The molecular weight excluding hydrogens is 308 g/mol. The molecule has 0 aliphatic carbocycles. The Morgan fingerprint density at radius 2 is 2.00 bits per heavy atom. The standard InChI is InChI=1S/C15H23ClN2O2S/c1-15(2)6-3-8-18(9-7-15)21(19,20)13-4-5-14(16)12(10-13)11-17/h4-5,10H,3,6-9,11,17H2,1-2H3. The maximum absolute atomic E-state index is 12.8. The first-order chi connectivity index (χ1) is 9.76. The Kier molecular flexibility index (Phi) is 4.98. The highest BCUT2D eigenvalue weighted by atomic mass is 35.5. The molecular formula is C15H23ClN2O2S. The van der Waals surface area contributed by atoms with E-state index in [1.807, 2.05) is 0 Å². The van der Waals surface area contributed by atoms with Crippen molar-refractivity contribution in [2.24, 2.45) is 11.1 Å². The molecule has 0 saturated carbocycles. The van der Waals surface area contributed by atoms with E-state index in [0.29, 0.717) is 23.7 Å². The molecule has 0 spiro atoms. The highest BCUT2D eigenvalue weighted by Gasteiger charge is 2.30. The summed E-state index contributed by atoms with van der Waals surface area (Å²) in [5.41, 5.74) is 6.47. The van der Waals surface area contributed by atoms with Gasteiger partial charge in [0.15, 0.2) is 0 Å². The van der Waals surface area contributed by atoms with Gasteiger partial charge in [0.1, 0.15) is 0 Å². The largest absolute Gasteiger partial charge is 0.326 e. The average Bonchev–Trinajstić information content (AvgIpc) is 2.60. The van der Waals surface area contributed by atoms with Crippen molar-refractivity contribution >= 4 is 21.6 Å². The molecule has 0 atom stereocenters. The van der Waals surface area contributed by atoms with Gasteiger partial charge in [0.05, 0.1) is 4.90 Å². The Morgan fingerprint density at radius 3 is 2.67 bits per heavy atom. The van der Waals surface area contributed by atoms with Gasteiger partial charge in [0.25, 0.3) is 0 Å². The van der Waals surface area contributed by atoms with Crippen LogP contribution in [0.5, 0.6) is 0 Å². The molecule has 0 amide bonds. The van der Waals surface area contributed by atoms with Crippen LogP contribution in [0, 0.1) is 5.41 Å². The van der Waals surface area contributed by atoms with Crippen LogP contribution in [0.15, 0.2) is 23.1 Å². The van der Waals surface area contributed by atoms with E-state index < -0.39 is 10.0 Å². The minimum Gasteiger partial charge on any atom is -0.326 e. The molecule has 0 aromatic heterocycles. The van der Waals surface area contributed by atoms with Crippen molar-refractivity contribution in [3.05, 3.63) is 28.8 Å². The number of nitrogens with zero attached hydrogens (tertiary/aromatic N) is 1. The van der Waals surface area contributed by atoms with E-state index in [9.17, 15) is 8.42 Å². The van der Waals surface area contributed by atoms with Gasteiger partial charge in [-0.2, -0.15) is 4.31 Å². The first-order valence-electron chi connectivity index (χ1n) is 7.25. The predicted molar refractivity (Wildman–Crippen MR) is 85.7 cm³/mol. The van der Waals surface area contributed by atoms with Crippen molar-refractivity contribution in [2.75, 3.05) is 13.1 Å². The van der Waals surface area contributed by atoms with Crippen LogP contribution in [0.2, 0.25) is 5.02 Å². The van der Waals surface area contributed by atoms with Crippen molar-refractivity contribution in [3.8, 4) is 0 Å². The first kappa shape index (κ1) is 16.7. The zero-order valence-corrected chi connectivity index (χ0v) is 14.2. The number of sulfonamides is 1. The molecule has 2 rings (SSSR count). The van der Waals surface area contributed by atoms with Gasteiger partial charge >= 0.3 is 0 Å². The number of halogens is 1. The van der Waals surface area contributed by atoms with Crippen molar-refractivity contribution in [1.82, 2.24) is 4.31 Å². The van der Waals surface area contributed by atoms with Crippen molar-refractivity contribution in [2.45, 2.75) is 44.6 Å². The summed E-state index contributed by atoms with van der Waals surface area (Å²) in [5, 5.41) is 0.508. The molecule has 1 aromatic rings. The van der Waals surface area contributed by atoms with Crippen LogP contribution in [0.4, 0.5) is 0 Å². The van der Waals surface area contributed by atoms with Gasteiger partial charge in [-0.05, 0) is 48.4 Å². The van der Waals surface area contributed by atoms with Gasteiger partial charge in [-0.15, -0.1) is 0 Å². The summed E-state index contributed by atoms with van der Waals surface area (Å²) in [6.07, 6.45) is 2.82. The van der Waals surface area contributed by atoms with Gasteiger partial charge in [0, 0.05) is 24.7 Å². The lowest BCUT2D eigenvalue weighted by molar-refractivity contribution is 0.315. The predicted octanol–water partition coefficient (Wildman–Crippen LogP) is 3.00. The smallest absolute Gasteiger partial charge is 0.243 e. The molecule has 21 heavy (non-hydrogen) atoms. The lowest BCUT2D eigenvalue weighted by Gasteiger charge is -2.23. The fraction of sp³-hybridized carbons (Fsp3) is 0.600. The number of rotatable bonds is 3. The third kappa shape index (κ3) is 3.77. The fourth-order valence-electron chi connectivity index (χ4n) is 2.66. The molecule has 1 aromatic carbocycles. The molecule has 6 heteroatoms. The monoisotopic (exact) mass is 330 g/mol. The SMILES string of the molecule is CC1(C)CCCN(S(=O)(=O)c2ccc(Cl)c(CN)c2)CC1. The van der Waals surface area contributed by atoms with Gasteiger partial charge in [-0.25, -0.2) is 8.42 Å². The second kappa shape index (κ2) is 6.24. The number of hydrogen-bond donors (Lipinski definition) is 1. The quantitative estimate of drug-likeness (QED) is 0.926. The summed E-state index contributed by atoms with van der Waals surface area (Å²) >= 11 is 6.01. The highest BCUT2D eigenvalue weighted by Crippen LogP contribution is 2.32. The molecule has 0 bridgehead atoms. The maximum atomic E-state index is 12.8. The van der Waals surface area contributed by atoms with Crippen LogP contribution in [-0.4, -0.2) is 25.8 Å². The highest BCUT2D eigenvalue weighted by molar-refractivity contribution is 7.89. The molecule has 118 valence electrons. The summed E-state index contributed by atoms with van der Waals surface area (Å²) in [6.45, 7) is 5.76. The molecule has 1 heterocycles. The van der Waals surface area contributed by atoms with E-state index in [2.05, 4.69) is 13.8 Å². The Bertz CT molecular complexity index is 614. The van der Waals surface area contributed by atoms with Gasteiger partial charge in [-0.1, -0.05) is 25.4 Å². The third-order valence-electron chi connectivity index (χ3n) is 4.17. The van der Waals surface area contributed by atoms with Crippen LogP contribution in [0.3, 0.4) is 0 Å². The molecule has 4 nitrogen and oxygen atoms in total. The first-order valence-corrected chi connectivity index (χ1v) is 9.07. The lowest BCUT2D eigenvalue weighted by atomic mass is 9.85. The van der Waals surface area contributed by atoms with E-state index >= 15 is 0 Å². The minimum absolute atomic E-state index is 0.201. The van der Waals surface area contributed by atoms with Crippen LogP contribution >= 0.6 is 11.6 Å². The second-order valence-electron chi connectivity index (χ2n) is 6.38. The van der Waals surface area contributed by atoms with Crippen LogP contribution < -0.4 is 5.73 Å². The molecule has 1 fully saturated rings. The molecule has 1 saturated heterocycles. The lowest BCUT2D eigenvalue weighted by Crippen LogP contribution is -2.32. The second-order valence-corrected chi connectivity index (χ2v) is 8.72. The van der Waals surface area contributed by atoms with Crippen molar-refractivity contribution in [3.63, 3.8) is 0 Å². The molecule has 1 aliphatic heterocycles. The van der Waals surface area contributed by atoms with Crippen LogP contribution in [0.1, 0.15) is 38.7 Å². The topological polar surface area (TPSA) is 63.4 Å². The van der Waals surface area contributed by atoms with Gasteiger partial charge in [0.2, 0.25) is 10.0 Å². The van der Waals surface area contributed by atoms with Crippen LogP contribution in [0.25, 0.3) is 0 Å². The van der Waals surface area contributed by atoms with E-state index in [1.54, 1.807) is 22.5 Å². The van der Waals surface area contributed by atoms with E-state index in [-0.39, 0.29) is 16.9 Å². The molecule has 0 radical (unpaired) electrons. The summed E-state index contributed by atoms with van der Waals surface area (Å²) in [7, 11) is -3.47. The van der Waals surface area contributed by atoms with Crippen molar-refractivity contribution in [1.29, 1.82) is 0 Å². The van der Waals surface area contributed by atoms with E-state index in [1.165, 1.54) is 0 Å². The Morgan fingerprint density at radius 1 is 1.29 bits per heavy atom. The number of nitrogens with two attached hydrogens (primary N) is 1. The zero-order valence-electron chi connectivity index (χ0n) is 12.6.